The number of carbonyl (C=O) groups is 1. The van der Waals surface area contributed by atoms with E-state index in [0.717, 1.165) is 15.4 Å². The molecule has 10 heteroatoms. The second-order valence-corrected chi connectivity index (χ2v) is 10.5. The van der Waals surface area contributed by atoms with Gasteiger partial charge in [-0.25, -0.2) is 4.98 Å². The number of aryl methyl sites for hydroxylation is 2. The maximum atomic E-state index is 13.2. The summed E-state index contributed by atoms with van der Waals surface area (Å²) in [5.41, 5.74) is 3.55. The predicted octanol–water partition coefficient (Wildman–Crippen LogP) is 5.26. The lowest BCUT2D eigenvalue weighted by Crippen LogP contribution is -2.39. The molecule has 0 spiro atoms. The van der Waals surface area contributed by atoms with Gasteiger partial charge >= 0.3 is 16.2 Å². The van der Waals surface area contributed by atoms with Crippen LogP contribution in [0.1, 0.15) is 29.5 Å². The molecule has 0 saturated heterocycles. The Morgan fingerprint density at radius 1 is 1.00 bits per heavy atom. The lowest BCUT2D eigenvalue weighted by Gasteiger charge is -2.22. The van der Waals surface area contributed by atoms with Crippen LogP contribution in [-0.4, -0.2) is 36.8 Å². The molecule has 0 fully saturated rings. The first-order valence-electron chi connectivity index (χ1n) is 12.5. The fourth-order valence-corrected chi connectivity index (χ4v) is 4.92. The highest BCUT2D eigenvalue weighted by Crippen LogP contribution is 2.24. The van der Waals surface area contributed by atoms with E-state index in [4.69, 9.17) is 13.9 Å². The van der Waals surface area contributed by atoms with E-state index in [1.807, 2.05) is 44.2 Å². The SMILES string of the molecule is CCOC(=O)CN(Cc1cccc(OCc2nc(-c3ccccc3)oc2C)c1)S(=O)(=O)Nc1ccc(C)cc1. The molecule has 1 heterocycles. The molecule has 0 unspecified atom stereocenters. The molecule has 0 bridgehead atoms. The number of anilines is 1. The van der Waals surface area contributed by atoms with E-state index in [0.29, 0.717) is 34.3 Å². The minimum absolute atomic E-state index is 0.0711. The molecule has 0 radical (unpaired) electrons. The van der Waals surface area contributed by atoms with Crippen molar-refractivity contribution >= 4 is 21.9 Å². The second-order valence-electron chi connectivity index (χ2n) is 8.87. The molecule has 9 nitrogen and oxygen atoms in total. The van der Waals surface area contributed by atoms with Crippen molar-refractivity contribution in [2.24, 2.45) is 0 Å². The maximum Gasteiger partial charge on any atom is 0.321 e. The van der Waals surface area contributed by atoms with Gasteiger partial charge in [-0.15, -0.1) is 0 Å². The normalized spacial score (nSPS) is 11.4. The van der Waals surface area contributed by atoms with E-state index < -0.39 is 22.7 Å². The smallest absolute Gasteiger partial charge is 0.321 e. The number of oxazole rings is 1. The van der Waals surface area contributed by atoms with Crippen molar-refractivity contribution in [2.75, 3.05) is 17.9 Å². The van der Waals surface area contributed by atoms with Crippen molar-refractivity contribution in [1.82, 2.24) is 9.29 Å². The quantitative estimate of drug-likeness (QED) is 0.240. The maximum absolute atomic E-state index is 13.2. The van der Waals surface area contributed by atoms with Gasteiger partial charge in [-0.05, 0) is 62.7 Å². The Bertz CT molecular complexity index is 1500. The highest BCUT2D eigenvalue weighted by atomic mass is 32.2. The van der Waals surface area contributed by atoms with Crippen LogP contribution >= 0.6 is 0 Å². The van der Waals surface area contributed by atoms with Gasteiger partial charge in [-0.3, -0.25) is 9.52 Å². The van der Waals surface area contributed by atoms with Crippen molar-refractivity contribution in [2.45, 2.75) is 33.9 Å². The van der Waals surface area contributed by atoms with Crippen LogP contribution in [0.3, 0.4) is 0 Å². The zero-order valence-electron chi connectivity index (χ0n) is 22.1. The first kappa shape index (κ1) is 27.9. The molecule has 1 N–H and O–H groups in total. The molecule has 39 heavy (non-hydrogen) atoms. The second kappa shape index (κ2) is 12.6. The Labute approximate surface area is 228 Å². The van der Waals surface area contributed by atoms with Crippen LogP contribution in [0.4, 0.5) is 5.69 Å². The molecular formula is C29H31N3O6S. The average molecular weight is 550 g/mol. The third-order valence-electron chi connectivity index (χ3n) is 5.80. The Hall–Kier alpha value is -4.15. The van der Waals surface area contributed by atoms with E-state index in [1.54, 1.807) is 55.5 Å². The van der Waals surface area contributed by atoms with E-state index in [1.165, 1.54) is 0 Å². The Morgan fingerprint density at radius 3 is 2.46 bits per heavy atom. The molecule has 1 aromatic heterocycles. The van der Waals surface area contributed by atoms with Gasteiger partial charge in [-0.2, -0.15) is 12.7 Å². The van der Waals surface area contributed by atoms with Gasteiger partial charge in [0.25, 0.3) is 0 Å². The minimum Gasteiger partial charge on any atom is -0.487 e. The fraction of sp³-hybridized carbons (Fsp3) is 0.241. The van der Waals surface area contributed by atoms with Crippen LogP contribution in [0.25, 0.3) is 11.5 Å². The molecule has 4 aromatic rings. The van der Waals surface area contributed by atoms with E-state index in [-0.39, 0.29) is 19.8 Å². The standard InChI is InChI=1S/C29H31N3O6S/c1-4-36-28(33)19-32(39(34,35)31-25-15-13-21(2)14-16-25)18-23-9-8-12-26(17-23)37-20-27-22(3)38-29(30-27)24-10-6-5-7-11-24/h5-17,31H,4,18-20H2,1-3H3. The topological polar surface area (TPSA) is 111 Å². The summed E-state index contributed by atoms with van der Waals surface area (Å²) < 4.78 is 46.8. The highest BCUT2D eigenvalue weighted by molar-refractivity contribution is 7.90. The summed E-state index contributed by atoms with van der Waals surface area (Å²) in [6.07, 6.45) is 0. The summed E-state index contributed by atoms with van der Waals surface area (Å²) in [6, 6.07) is 23.6. The first-order chi connectivity index (χ1) is 18.7. The van der Waals surface area contributed by atoms with Gasteiger partial charge in [0, 0.05) is 17.8 Å². The largest absolute Gasteiger partial charge is 0.487 e. The van der Waals surface area contributed by atoms with Crippen LogP contribution in [0.5, 0.6) is 5.75 Å². The molecule has 0 saturated carbocycles. The summed E-state index contributed by atoms with van der Waals surface area (Å²) in [7, 11) is -4.08. The van der Waals surface area contributed by atoms with Gasteiger partial charge in [0.05, 0.1) is 6.61 Å². The lowest BCUT2D eigenvalue weighted by molar-refractivity contribution is -0.143. The molecule has 0 aliphatic carbocycles. The number of nitrogens with zero attached hydrogens (tertiary/aromatic N) is 2. The van der Waals surface area contributed by atoms with E-state index in [2.05, 4.69) is 9.71 Å². The van der Waals surface area contributed by atoms with Crippen LogP contribution < -0.4 is 9.46 Å². The number of rotatable bonds is 12. The molecule has 0 aliphatic rings. The molecule has 0 aliphatic heterocycles. The zero-order valence-corrected chi connectivity index (χ0v) is 22.9. The number of aromatic nitrogens is 1. The summed E-state index contributed by atoms with van der Waals surface area (Å²) in [5, 5.41) is 0. The summed E-state index contributed by atoms with van der Waals surface area (Å²) in [5.74, 6) is 1.05. The Balaban J connectivity index is 1.48. The number of nitrogens with one attached hydrogen (secondary N) is 1. The molecule has 0 atom stereocenters. The number of hydrogen-bond donors (Lipinski definition) is 1. The van der Waals surface area contributed by atoms with Crippen LogP contribution in [-0.2, 0) is 32.9 Å². The number of ether oxygens (including phenoxy) is 2. The van der Waals surface area contributed by atoms with Crippen molar-refractivity contribution in [3.63, 3.8) is 0 Å². The predicted molar refractivity (Wildman–Crippen MR) is 148 cm³/mol. The zero-order chi connectivity index (χ0) is 27.8. The van der Waals surface area contributed by atoms with E-state index >= 15 is 0 Å². The third-order valence-corrected chi connectivity index (χ3v) is 7.23. The van der Waals surface area contributed by atoms with Crippen molar-refractivity contribution in [3.05, 3.63) is 101 Å². The van der Waals surface area contributed by atoms with Gasteiger partial charge in [-0.1, -0.05) is 48.0 Å². The van der Waals surface area contributed by atoms with Crippen LogP contribution in [0.2, 0.25) is 0 Å². The number of carbonyl (C=O) groups excluding carboxylic acids is 1. The molecule has 204 valence electrons. The van der Waals surface area contributed by atoms with Crippen LogP contribution in [0.15, 0.2) is 83.3 Å². The minimum atomic E-state index is -4.08. The molecule has 4 rings (SSSR count). The Kier molecular flexibility index (Phi) is 9.00. The van der Waals surface area contributed by atoms with Gasteiger partial charge < -0.3 is 13.9 Å². The summed E-state index contributed by atoms with van der Waals surface area (Å²) in [6.45, 7) is 5.21. The summed E-state index contributed by atoms with van der Waals surface area (Å²) in [4.78, 5) is 16.8. The van der Waals surface area contributed by atoms with Crippen molar-refractivity contribution < 1.29 is 27.1 Å². The molecular weight excluding hydrogens is 518 g/mol. The summed E-state index contributed by atoms with van der Waals surface area (Å²) >= 11 is 0. The lowest BCUT2D eigenvalue weighted by atomic mass is 10.2. The Morgan fingerprint density at radius 2 is 1.74 bits per heavy atom. The van der Waals surface area contributed by atoms with Crippen LogP contribution in [0, 0.1) is 13.8 Å². The fourth-order valence-electron chi connectivity index (χ4n) is 3.77. The third kappa shape index (κ3) is 7.68. The molecule has 0 amide bonds. The van der Waals surface area contributed by atoms with Crippen molar-refractivity contribution in [3.8, 4) is 17.2 Å². The van der Waals surface area contributed by atoms with Gasteiger partial charge in [0.1, 0.15) is 30.4 Å². The van der Waals surface area contributed by atoms with Crippen molar-refractivity contribution in [1.29, 1.82) is 0 Å². The number of hydrogen-bond acceptors (Lipinski definition) is 7. The highest BCUT2D eigenvalue weighted by Gasteiger charge is 2.26. The van der Waals surface area contributed by atoms with Gasteiger partial charge in [0.15, 0.2) is 0 Å². The number of benzene rings is 3. The number of esters is 1. The van der Waals surface area contributed by atoms with E-state index in [9.17, 15) is 13.2 Å². The monoisotopic (exact) mass is 549 g/mol. The molecule has 3 aromatic carbocycles. The average Bonchev–Trinajstić information content (AvgIpc) is 3.29. The van der Waals surface area contributed by atoms with Gasteiger partial charge in [0.2, 0.25) is 5.89 Å². The first-order valence-corrected chi connectivity index (χ1v) is 13.9.